The van der Waals surface area contributed by atoms with Gasteiger partial charge in [0.05, 0.1) is 9.13 Å². The summed E-state index contributed by atoms with van der Waals surface area (Å²) in [5.74, 6) is -0.173. The number of alkyl halides is 3. The van der Waals surface area contributed by atoms with Gasteiger partial charge in [-0.2, -0.15) is 13.2 Å². The van der Waals surface area contributed by atoms with Crippen molar-refractivity contribution in [2.75, 3.05) is 13.2 Å². The van der Waals surface area contributed by atoms with Gasteiger partial charge in [-0.25, -0.2) is 0 Å². The molecule has 0 unspecified atom stereocenters. The van der Waals surface area contributed by atoms with Crippen LogP contribution in [0, 0.1) is 9.49 Å². The van der Waals surface area contributed by atoms with E-state index in [-0.39, 0.29) is 5.75 Å². The monoisotopic (exact) mass is 399 g/mol. The highest BCUT2D eigenvalue weighted by atomic mass is 127. The molecule has 0 radical (unpaired) electrons. The van der Waals surface area contributed by atoms with Gasteiger partial charge >= 0.3 is 6.18 Å². The SMILES string of the molecule is O=C(COc1c(I)cccc1C(F)(F)F)NCC1CC1. The van der Waals surface area contributed by atoms with Crippen LogP contribution < -0.4 is 10.1 Å². The zero-order valence-corrected chi connectivity index (χ0v) is 12.6. The minimum atomic E-state index is -4.50. The lowest BCUT2D eigenvalue weighted by Gasteiger charge is -2.15. The maximum Gasteiger partial charge on any atom is 0.420 e. The third-order valence-electron chi connectivity index (χ3n) is 2.90. The molecular formula is C13H13F3INO2. The highest BCUT2D eigenvalue weighted by Gasteiger charge is 2.35. The van der Waals surface area contributed by atoms with Gasteiger partial charge in [0.2, 0.25) is 0 Å². The van der Waals surface area contributed by atoms with Crippen LogP contribution in [0.4, 0.5) is 13.2 Å². The van der Waals surface area contributed by atoms with E-state index in [2.05, 4.69) is 5.32 Å². The number of amides is 1. The number of nitrogens with one attached hydrogen (secondary N) is 1. The Bertz CT molecular complexity index is 501. The highest BCUT2D eigenvalue weighted by molar-refractivity contribution is 14.1. The second-order valence-corrected chi connectivity index (χ2v) is 5.81. The van der Waals surface area contributed by atoms with Crippen molar-refractivity contribution in [1.29, 1.82) is 0 Å². The first kappa shape index (κ1) is 15.4. The van der Waals surface area contributed by atoms with Crippen LogP contribution in [-0.4, -0.2) is 19.1 Å². The van der Waals surface area contributed by atoms with E-state index in [0.29, 0.717) is 16.0 Å². The van der Waals surface area contributed by atoms with Gasteiger partial charge in [0.15, 0.2) is 6.61 Å². The van der Waals surface area contributed by atoms with Crippen molar-refractivity contribution in [2.24, 2.45) is 5.92 Å². The molecule has 0 atom stereocenters. The molecule has 7 heteroatoms. The Hall–Kier alpha value is -0.990. The summed E-state index contributed by atoms with van der Waals surface area (Å²) < 4.78 is 43.9. The van der Waals surface area contributed by atoms with Crippen LogP contribution in [0.2, 0.25) is 0 Å². The van der Waals surface area contributed by atoms with Crippen LogP contribution in [0.1, 0.15) is 18.4 Å². The summed E-state index contributed by atoms with van der Waals surface area (Å²) in [5, 5.41) is 2.64. The van der Waals surface area contributed by atoms with Crippen molar-refractivity contribution >= 4 is 28.5 Å². The van der Waals surface area contributed by atoms with Crippen molar-refractivity contribution in [3.63, 3.8) is 0 Å². The molecule has 1 saturated carbocycles. The smallest absolute Gasteiger partial charge is 0.420 e. The van der Waals surface area contributed by atoms with E-state index in [0.717, 1.165) is 18.9 Å². The number of para-hydroxylation sites is 1. The molecule has 0 heterocycles. The molecule has 0 spiro atoms. The molecule has 1 aliphatic carbocycles. The maximum absolute atomic E-state index is 12.8. The first-order valence-electron chi connectivity index (χ1n) is 6.13. The quantitative estimate of drug-likeness (QED) is 0.773. The zero-order valence-electron chi connectivity index (χ0n) is 10.5. The van der Waals surface area contributed by atoms with Crippen molar-refractivity contribution in [1.82, 2.24) is 5.32 Å². The summed E-state index contributed by atoms with van der Waals surface area (Å²) in [7, 11) is 0. The fourth-order valence-electron chi connectivity index (χ4n) is 1.65. The minimum Gasteiger partial charge on any atom is -0.482 e. The van der Waals surface area contributed by atoms with Crippen molar-refractivity contribution in [2.45, 2.75) is 19.0 Å². The average Bonchev–Trinajstić information content (AvgIpc) is 3.17. The molecule has 0 aliphatic heterocycles. The van der Waals surface area contributed by atoms with Gasteiger partial charge in [-0.1, -0.05) is 6.07 Å². The van der Waals surface area contributed by atoms with Crippen LogP contribution in [-0.2, 0) is 11.0 Å². The normalized spacial score (nSPS) is 15.0. The van der Waals surface area contributed by atoms with Crippen LogP contribution in [0.25, 0.3) is 0 Å². The van der Waals surface area contributed by atoms with Gasteiger partial charge in [0.25, 0.3) is 5.91 Å². The van der Waals surface area contributed by atoms with Gasteiger partial charge in [-0.05, 0) is 53.5 Å². The van der Waals surface area contributed by atoms with Crippen molar-refractivity contribution in [3.05, 3.63) is 27.3 Å². The average molecular weight is 399 g/mol. The van der Waals surface area contributed by atoms with Gasteiger partial charge < -0.3 is 10.1 Å². The lowest BCUT2D eigenvalue weighted by Crippen LogP contribution is -2.31. The molecule has 3 nitrogen and oxygen atoms in total. The van der Waals surface area contributed by atoms with E-state index in [1.807, 2.05) is 0 Å². The summed E-state index contributed by atoms with van der Waals surface area (Å²) >= 11 is 1.76. The second kappa shape index (κ2) is 6.19. The lowest BCUT2D eigenvalue weighted by atomic mass is 10.2. The zero-order chi connectivity index (χ0) is 14.8. The number of rotatable bonds is 5. The molecule has 0 aromatic heterocycles. The summed E-state index contributed by atoms with van der Waals surface area (Å²) in [6, 6.07) is 3.76. The molecule has 2 rings (SSSR count). The molecule has 1 aromatic carbocycles. The lowest BCUT2D eigenvalue weighted by molar-refractivity contribution is -0.139. The molecule has 1 N–H and O–H groups in total. The Morgan fingerprint density at radius 2 is 2.10 bits per heavy atom. The molecule has 1 fully saturated rings. The van der Waals surface area contributed by atoms with E-state index >= 15 is 0 Å². The number of hydrogen-bond acceptors (Lipinski definition) is 2. The Labute approximate surface area is 128 Å². The molecule has 1 aromatic rings. The van der Waals surface area contributed by atoms with Crippen molar-refractivity contribution < 1.29 is 22.7 Å². The number of ether oxygens (including phenoxy) is 1. The summed E-state index contributed by atoms with van der Waals surface area (Å²) in [5.41, 5.74) is -0.862. The van der Waals surface area contributed by atoms with Crippen LogP contribution in [0.3, 0.4) is 0 Å². The Kier molecular flexibility index (Phi) is 4.77. The minimum absolute atomic E-state index is 0.290. The molecule has 20 heavy (non-hydrogen) atoms. The van der Waals surface area contributed by atoms with Crippen molar-refractivity contribution in [3.8, 4) is 5.75 Å². The van der Waals surface area contributed by atoms with Gasteiger partial charge in [-0.3, -0.25) is 4.79 Å². The summed E-state index contributed by atoms with van der Waals surface area (Å²) in [6.07, 6.45) is -2.31. The number of benzene rings is 1. The number of halogens is 4. The molecule has 0 saturated heterocycles. The first-order valence-corrected chi connectivity index (χ1v) is 7.21. The van der Waals surface area contributed by atoms with Gasteiger partial charge in [0.1, 0.15) is 5.75 Å². The third-order valence-corrected chi connectivity index (χ3v) is 3.75. The number of carbonyl (C=O) groups is 1. The van der Waals surface area contributed by atoms with Crippen LogP contribution in [0.5, 0.6) is 5.75 Å². The standard InChI is InChI=1S/C13H13F3INO2/c14-13(15,16)9-2-1-3-10(17)12(9)20-7-11(19)18-6-8-4-5-8/h1-3,8H,4-7H2,(H,18,19). The molecule has 1 aliphatic rings. The molecule has 1 amide bonds. The Morgan fingerprint density at radius 3 is 2.70 bits per heavy atom. The fraction of sp³-hybridized carbons (Fsp3) is 0.462. The third kappa shape index (κ3) is 4.26. The van der Waals surface area contributed by atoms with E-state index in [4.69, 9.17) is 4.74 Å². The number of hydrogen-bond donors (Lipinski definition) is 1. The van der Waals surface area contributed by atoms with E-state index in [9.17, 15) is 18.0 Å². The topological polar surface area (TPSA) is 38.3 Å². The highest BCUT2D eigenvalue weighted by Crippen LogP contribution is 2.38. The van der Waals surface area contributed by atoms with Crippen LogP contribution >= 0.6 is 22.6 Å². The fourth-order valence-corrected chi connectivity index (χ4v) is 2.30. The van der Waals surface area contributed by atoms with Gasteiger partial charge in [0, 0.05) is 6.54 Å². The number of carbonyl (C=O) groups excluding carboxylic acids is 1. The van der Waals surface area contributed by atoms with Gasteiger partial charge in [-0.15, -0.1) is 0 Å². The molecule has 0 bridgehead atoms. The first-order chi connectivity index (χ1) is 9.38. The van der Waals surface area contributed by atoms with E-state index in [1.165, 1.54) is 12.1 Å². The molecular weight excluding hydrogens is 386 g/mol. The summed E-state index contributed by atoms with van der Waals surface area (Å²) in [6.45, 7) is 0.163. The van der Waals surface area contributed by atoms with E-state index in [1.54, 1.807) is 22.6 Å². The molecule has 110 valence electrons. The van der Waals surface area contributed by atoms with E-state index < -0.39 is 24.3 Å². The Balaban J connectivity index is 1.98. The second-order valence-electron chi connectivity index (χ2n) is 4.65. The Morgan fingerprint density at radius 1 is 1.40 bits per heavy atom. The van der Waals surface area contributed by atoms with Crippen LogP contribution in [0.15, 0.2) is 18.2 Å². The largest absolute Gasteiger partial charge is 0.482 e. The maximum atomic E-state index is 12.8. The summed E-state index contributed by atoms with van der Waals surface area (Å²) in [4.78, 5) is 11.5. The predicted molar refractivity (Wildman–Crippen MR) is 75.4 cm³/mol. The predicted octanol–water partition coefficient (Wildman–Crippen LogP) is 3.22.